The van der Waals surface area contributed by atoms with Gasteiger partial charge in [-0.1, -0.05) is 6.92 Å². The van der Waals surface area contributed by atoms with Crippen molar-refractivity contribution >= 4 is 27.9 Å². The smallest absolute Gasteiger partial charge is 0.328 e. The lowest BCUT2D eigenvalue weighted by molar-refractivity contribution is -0.131. The Morgan fingerprint density at radius 2 is 2.28 bits per heavy atom. The zero-order valence-electron chi connectivity index (χ0n) is 9.83. The van der Waals surface area contributed by atoms with Crippen LogP contribution in [0.1, 0.15) is 18.9 Å². The maximum atomic E-state index is 11.5. The molecule has 1 aromatic heterocycles. The average Bonchev–Trinajstić information content (AvgIpc) is 2.26. The van der Waals surface area contributed by atoms with Gasteiger partial charge in [0.2, 0.25) is 10.0 Å². The topological polar surface area (TPSA) is 96.4 Å². The quantitative estimate of drug-likeness (QED) is 0.760. The third-order valence-electron chi connectivity index (χ3n) is 1.94. The molecule has 0 saturated heterocycles. The van der Waals surface area contributed by atoms with Crippen molar-refractivity contribution in [3.63, 3.8) is 0 Å². The molecule has 0 saturated carbocycles. The SMILES string of the molecule is CCCS(=O)(=O)Nc1cc(/C=C/C(=O)O)ccn1. The van der Waals surface area contributed by atoms with E-state index < -0.39 is 16.0 Å². The van der Waals surface area contributed by atoms with E-state index in [0.29, 0.717) is 12.0 Å². The van der Waals surface area contributed by atoms with Crippen molar-refractivity contribution in [3.05, 3.63) is 30.0 Å². The van der Waals surface area contributed by atoms with Gasteiger partial charge in [0.25, 0.3) is 0 Å². The summed E-state index contributed by atoms with van der Waals surface area (Å²) in [6, 6.07) is 3.05. The van der Waals surface area contributed by atoms with Crippen LogP contribution in [0.4, 0.5) is 5.82 Å². The molecule has 1 heterocycles. The van der Waals surface area contributed by atoms with Crippen LogP contribution in [-0.2, 0) is 14.8 Å². The fourth-order valence-corrected chi connectivity index (χ4v) is 2.32. The number of aromatic nitrogens is 1. The van der Waals surface area contributed by atoms with Gasteiger partial charge in [0.05, 0.1) is 5.75 Å². The average molecular weight is 270 g/mol. The molecule has 6 nitrogen and oxygen atoms in total. The first-order chi connectivity index (χ1) is 8.43. The van der Waals surface area contributed by atoms with E-state index >= 15 is 0 Å². The minimum atomic E-state index is -3.39. The van der Waals surface area contributed by atoms with Gasteiger partial charge in [0.1, 0.15) is 5.82 Å². The van der Waals surface area contributed by atoms with Crippen LogP contribution in [0, 0.1) is 0 Å². The van der Waals surface area contributed by atoms with Gasteiger partial charge in [0.15, 0.2) is 0 Å². The van der Waals surface area contributed by atoms with E-state index in [4.69, 9.17) is 5.11 Å². The van der Waals surface area contributed by atoms with Crippen LogP contribution < -0.4 is 4.72 Å². The molecule has 0 spiro atoms. The third-order valence-corrected chi connectivity index (χ3v) is 3.40. The lowest BCUT2D eigenvalue weighted by Gasteiger charge is -2.06. The number of nitrogens with one attached hydrogen (secondary N) is 1. The second kappa shape index (κ2) is 6.15. The summed E-state index contributed by atoms with van der Waals surface area (Å²) >= 11 is 0. The van der Waals surface area contributed by atoms with Gasteiger partial charge in [0, 0.05) is 12.3 Å². The Kier molecular flexibility index (Phi) is 4.85. The molecule has 0 aliphatic carbocycles. The molecule has 7 heteroatoms. The predicted octanol–water partition coefficient (Wildman–Crippen LogP) is 1.33. The Morgan fingerprint density at radius 3 is 2.89 bits per heavy atom. The van der Waals surface area contributed by atoms with Crippen LogP contribution in [0.15, 0.2) is 24.4 Å². The Morgan fingerprint density at radius 1 is 1.56 bits per heavy atom. The van der Waals surface area contributed by atoms with Gasteiger partial charge in [-0.25, -0.2) is 18.2 Å². The summed E-state index contributed by atoms with van der Waals surface area (Å²) in [5.74, 6) is -0.875. The zero-order chi connectivity index (χ0) is 13.6. The summed E-state index contributed by atoms with van der Waals surface area (Å²) in [4.78, 5) is 14.2. The molecule has 0 bridgehead atoms. The van der Waals surface area contributed by atoms with Crippen molar-refractivity contribution in [1.29, 1.82) is 0 Å². The molecule has 1 rings (SSSR count). The number of carboxylic acid groups (broad SMARTS) is 1. The van der Waals surface area contributed by atoms with Crippen LogP contribution in [0.25, 0.3) is 6.08 Å². The molecule has 0 atom stereocenters. The first kappa shape index (κ1) is 14.2. The highest BCUT2D eigenvalue weighted by molar-refractivity contribution is 7.92. The Hall–Kier alpha value is -1.89. The van der Waals surface area contributed by atoms with E-state index in [1.165, 1.54) is 18.3 Å². The minimum Gasteiger partial charge on any atom is -0.478 e. The van der Waals surface area contributed by atoms with Crippen molar-refractivity contribution in [3.8, 4) is 0 Å². The number of carbonyl (C=O) groups is 1. The molecule has 1 aromatic rings. The number of sulfonamides is 1. The summed E-state index contributed by atoms with van der Waals surface area (Å²) in [5, 5.41) is 8.49. The molecular formula is C11H14N2O4S. The van der Waals surface area contributed by atoms with E-state index in [-0.39, 0.29) is 11.6 Å². The van der Waals surface area contributed by atoms with Crippen LogP contribution in [0.3, 0.4) is 0 Å². The molecular weight excluding hydrogens is 256 g/mol. The van der Waals surface area contributed by atoms with Crippen molar-refractivity contribution < 1.29 is 18.3 Å². The molecule has 0 aliphatic heterocycles. The number of aliphatic carboxylic acids is 1. The molecule has 0 unspecified atom stereocenters. The van der Waals surface area contributed by atoms with Crippen molar-refractivity contribution in [2.75, 3.05) is 10.5 Å². The first-order valence-corrected chi connectivity index (χ1v) is 6.96. The van der Waals surface area contributed by atoms with Crippen LogP contribution >= 0.6 is 0 Å². The number of rotatable bonds is 6. The second-order valence-electron chi connectivity index (χ2n) is 3.57. The standard InChI is InChI=1S/C11H14N2O4S/c1-2-7-18(16,17)13-10-8-9(5-6-12-10)3-4-11(14)15/h3-6,8H,2,7H2,1H3,(H,12,13)(H,14,15)/b4-3+. The Balaban J connectivity index is 2.86. The van der Waals surface area contributed by atoms with Crippen LogP contribution in [0.2, 0.25) is 0 Å². The summed E-state index contributed by atoms with van der Waals surface area (Å²) in [7, 11) is -3.39. The number of hydrogen-bond acceptors (Lipinski definition) is 4. The molecule has 0 fully saturated rings. The molecule has 0 amide bonds. The third kappa shape index (κ3) is 4.96. The highest BCUT2D eigenvalue weighted by Gasteiger charge is 2.09. The maximum Gasteiger partial charge on any atom is 0.328 e. The lowest BCUT2D eigenvalue weighted by atomic mass is 10.2. The Labute approximate surface area is 105 Å². The molecule has 0 radical (unpaired) electrons. The van der Waals surface area contributed by atoms with E-state index in [2.05, 4.69) is 9.71 Å². The van der Waals surface area contributed by atoms with Gasteiger partial charge in [-0.3, -0.25) is 4.72 Å². The normalized spacial score (nSPS) is 11.6. The fraction of sp³-hybridized carbons (Fsp3) is 0.273. The molecule has 2 N–H and O–H groups in total. The summed E-state index contributed by atoms with van der Waals surface area (Å²) < 4.78 is 25.4. The summed E-state index contributed by atoms with van der Waals surface area (Å²) in [6.45, 7) is 1.76. The van der Waals surface area contributed by atoms with E-state index in [1.54, 1.807) is 13.0 Å². The van der Waals surface area contributed by atoms with E-state index in [9.17, 15) is 13.2 Å². The number of pyridine rings is 1. The highest BCUT2D eigenvalue weighted by atomic mass is 32.2. The summed E-state index contributed by atoms with van der Waals surface area (Å²) in [5.41, 5.74) is 0.557. The van der Waals surface area contributed by atoms with Crippen molar-refractivity contribution in [1.82, 2.24) is 4.98 Å². The van der Waals surface area contributed by atoms with Gasteiger partial charge >= 0.3 is 5.97 Å². The Bertz CT molecular complexity index is 552. The molecule has 0 aliphatic rings. The highest BCUT2D eigenvalue weighted by Crippen LogP contribution is 2.10. The fourth-order valence-electron chi connectivity index (χ4n) is 1.25. The maximum absolute atomic E-state index is 11.5. The number of anilines is 1. The van der Waals surface area contributed by atoms with Crippen LogP contribution in [-0.4, -0.2) is 30.2 Å². The zero-order valence-corrected chi connectivity index (χ0v) is 10.6. The van der Waals surface area contributed by atoms with Crippen LogP contribution in [0.5, 0.6) is 0 Å². The minimum absolute atomic E-state index is 0.0177. The van der Waals surface area contributed by atoms with E-state index in [0.717, 1.165) is 6.08 Å². The van der Waals surface area contributed by atoms with Crippen molar-refractivity contribution in [2.24, 2.45) is 0 Å². The predicted molar refractivity (Wildman–Crippen MR) is 68.6 cm³/mol. The first-order valence-electron chi connectivity index (χ1n) is 5.30. The van der Waals surface area contributed by atoms with Gasteiger partial charge in [-0.15, -0.1) is 0 Å². The largest absolute Gasteiger partial charge is 0.478 e. The number of nitrogens with zero attached hydrogens (tertiary/aromatic N) is 1. The molecule has 18 heavy (non-hydrogen) atoms. The summed E-state index contributed by atoms with van der Waals surface area (Å²) in [6.07, 6.45) is 4.25. The lowest BCUT2D eigenvalue weighted by Crippen LogP contribution is -2.16. The van der Waals surface area contributed by atoms with Crippen molar-refractivity contribution in [2.45, 2.75) is 13.3 Å². The number of carboxylic acids is 1. The van der Waals surface area contributed by atoms with E-state index in [1.807, 2.05) is 0 Å². The second-order valence-corrected chi connectivity index (χ2v) is 5.41. The van der Waals surface area contributed by atoms with Gasteiger partial charge in [-0.2, -0.15) is 0 Å². The van der Waals surface area contributed by atoms with Gasteiger partial charge < -0.3 is 5.11 Å². The number of hydrogen-bond donors (Lipinski definition) is 2. The van der Waals surface area contributed by atoms with Gasteiger partial charge in [-0.05, 0) is 30.2 Å². The molecule has 98 valence electrons. The monoisotopic (exact) mass is 270 g/mol. The molecule has 0 aromatic carbocycles.